The lowest BCUT2D eigenvalue weighted by Gasteiger charge is -2.30. The molecule has 0 saturated heterocycles. The molecule has 5 nitrogen and oxygen atoms in total. The lowest BCUT2D eigenvalue weighted by atomic mass is 10.0. The largest absolute Gasteiger partial charge is 0.493 e. The first-order chi connectivity index (χ1) is 13.1. The first-order valence-electron chi connectivity index (χ1n) is 9.52. The normalized spacial score (nSPS) is 11.9. The Labute approximate surface area is 162 Å². The van der Waals surface area contributed by atoms with Gasteiger partial charge in [-0.3, -0.25) is 9.69 Å². The van der Waals surface area contributed by atoms with E-state index in [0.29, 0.717) is 30.2 Å². The van der Waals surface area contributed by atoms with Crippen LogP contribution in [0.1, 0.15) is 42.7 Å². The van der Waals surface area contributed by atoms with Crippen molar-refractivity contribution in [2.24, 2.45) is 0 Å². The van der Waals surface area contributed by atoms with E-state index in [1.807, 2.05) is 25.1 Å². The Morgan fingerprint density at radius 1 is 1.04 bits per heavy atom. The van der Waals surface area contributed by atoms with Gasteiger partial charge in [-0.2, -0.15) is 0 Å². The predicted octanol–water partition coefficient (Wildman–Crippen LogP) is 3.91. The Morgan fingerprint density at radius 2 is 1.74 bits per heavy atom. The number of likely N-dealkylation sites (N-methyl/N-ethyl adjacent to an activating group) is 1. The Balaban J connectivity index is 2.14. The fourth-order valence-electron chi connectivity index (χ4n) is 3.18. The summed E-state index contributed by atoms with van der Waals surface area (Å²) in [4.78, 5) is 15.1. The number of rotatable bonds is 10. The number of carbonyl (C=O) groups excluding carboxylic acids is 1. The summed E-state index contributed by atoms with van der Waals surface area (Å²) in [6.07, 6.45) is 0. The number of methoxy groups -OCH3 is 1. The van der Waals surface area contributed by atoms with E-state index in [1.54, 1.807) is 25.3 Å². The highest BCUT2D eigenvalue weighted by molar-refractivity contribution is 5.94. The highest BCUT2D eigenvalue weighted by Crippen LogP contribution is 2.28. The zero-order valence-corrected chi connectivity index (χ0v) is 16.7. The summed E-state index contributed by atoms with van der Waals surface area (Å²) >= 11 is 0. The summed E-state index contributed by atoms with van der Waals surface area (Å²) < 4.78 is 10.9. The van der Waals surface area contributed by atoms with E-state index in [2.05, 4.69) is 36.2 Å². The molecule has 0 aliphatic carbocycles. The van der Waals surface area contributed by atoms with Gasteiger partial charge in [0, 0.05) is 12.1 Å². The second kappa shape index (κ2) is 10.6. The standard InChI is InChI=1S/C22H30N2O3/c1-5-24(6-2)19(17-11-9-8-10-12-17)16-23-22(25)18-13-14-20(26-4)21(15-18)27-7-3/h8-15,19H,5-7,16H2,1-4H3,(H,23,25). The van der Waals surface area contributed by atoms with Gasteiger partial charge in [0.05, 0.1) is 19.8 Å². The Morgan fingerprint density at radius 3 is 2.33 bits per heavy atom. The van der Waals surface area contributed by atoms with Crippen LogP contribution in [-0.4, -0.2) is 44.2 Å². The minimum Gasteiger partial charge on any atom is -0.493 e. The molecule has 1 atom stereocenters. The van der Waals surface area contributed by atoms with Crippen molar-refractivity contribution in [2.75, 3.05) is 33.4 Å². The van der Waals surface area contributed by atoms with Crippen molar-refractivity contribution < 1.29 is 14.3 Å². The van der Waals surface area contributed by atoms with Crippen LogP contribution in [0.2, 0.25) is 0 Å². The van der Waals surface area contributed by atoms with Gasteiger partial charge >= 0.3 is 0 Å². The summed E-state index contributed by atoms with van der Waals surface area (Å²) in [5.41, 5.74) is 1.76. The third kappa shape index (κ3) is 5.47. The molecule has 0 aliphatic rings. The summed E-state index contributed by atoms with van der Waals surface area (Å²) in [7, 11) is 1.59. The van der Waals surface area contributed by atoms with Crippen molar-refractivity contribution in [3.05, 3.63) is 59.7 Å². The summed E-state index contributed by atoms with van der Waals surface area (Å²) in [6.45, 7) is 9.07. The smallest absolute Gasteiger partial charge is 0.251 e. The Hall–Kier alpha value is -2.53. The van der Waals surface area contributed by atoms with Crippen LogP contribution in [0.5, 0.6) is 11.5 Å². The summed E-state index contributed by atoms with van der Waals surface area (Å²) in [6, 6.07) is 15.7. The quantitative estimate of drug-likeness (QED) is 0.689. The van der Waals surface area contributed by atoms with Gasteiger partial charge in [0.25, 0.3) is 5.91 Å². The zero-order valence-electron chi connectivity index (χ0n) is 16.7. The monoisotopic (exact) mass is 370 g/mol. The lowest BCUT2D eigenvalue weighted by Crippen LogP contribution is -2.38. The zero-order chi connectivity index (χ0) is 19.6. The lowest BCUT2D eigenvalue weighted by molar-refractivity contribution is 0.0934. The first kappa shape index (κ1) is 20.8. The van der Waals surface area contributed by atoms with Crippen molar-refractivity contribution in [1.29, 1.82) is 0 Å². The van der Waals surface area contributed by atoms with Crippen molar-refractivity contribution in [3.63, 3.8) is 0 Å². The molecule has 0 aromatic heterocycles. The molecule has 2 aromatic rings. The van der Waals surface area contributed by atoms with Crippen LogP contribution in [0.3, 0.4) is 0 Å². The van der Waals surface area contributed by atoms with Crippen molar-refractivity contribution in [3.8, 4) is 11.5 Å². The van der Waals surface area contributed by atoms with Crippen LogP contribution >= 0.6 is 0 Å². The fraction of sp³-hybridized carbons (Fsp3) is 0.409. The molecule has 0 saturated carbocycles. The topological polar surface area (TPSA) is 50.8 Å². The number of ether oxygens (including phenoxy) is 2. The average Bonchev–Trinajstić information content (AvgIpc) is 2.71. The third-order valence-corrected chi connectivity index (χ3v) is 4.62. The van der Waals surface area contributed by atoms with Crippen molar-refractivity contribution >= 4 is 5.91 Å². The molecule has 0 bridgehead atoms. The number of carbonyl (C=O) groups is 1. The second-order valence-corrected chi connectivity index (χ2v) is 6.16. The molecule has 2 aromatic carbocycles. The number of benzene rings is 2. The van der Waals surface area contributed by atoms with Gasteiger partial charge in [-0.15, -0.1) is 0 Å². The van der Waals surface area contributed by atoms with Crippen LogP contribution in [0.25, 0.3) is 0 Å². The molecule has 0 radical (unpaired) electrons. The van der Waals surface area contributed by atoms with E-state index in [-0.39, 0.29) is 11.9 Å². The van der Waals surface area contributed by atoms with Gasteiger partial charge in [-0.05, 0) is 43.8 Å². The highest BCUT2D eigenvalue weighted by atomic mass is 16.5. The Kier molecular flexibility index (Phi) is 8.14. The van der Waals surface area contributed by atoms with E-state index in [9.17, 15) is 4.79 Å². The van der Waals surface area contributed by atoms with Crippen LogP contribution in [-0.2, 0) is 0 Å². The Bertz CT molecular complexity index is 715. The molecule has 1 unspecified atom stereocenters. The SMILES string of the molecule is CCOc1cc(C(=O)NCC(c2ccccc2)N(CC)CC)ccc1OC. The molecule has 0 heterocycles. The van der Waals surface area contributed by atoms with Gasteiger partial charge < -0.3 is 14.8 Å². The van der Waals surface area contributed by atoms with Gasteiger partial charge in [-0.1, -0.05) is 44.2 Å². The predicted molar refractivity (Wildman–Crippen MR) is 109 cm³/mol. The minimum atomic E-state index is -0.119. The molecule has 0 aliphatic heterocycles. The maximum absolute atomic E-state index is 12.7. The van der Waals surface area contributed by atoms with E-state index >= 15 is 0 Å². The maximum Gasteiger partial charge on any atom is 0.251 e. The molecule has 1 amide bonds. The van der Waals surface area contributed by atoms with Crippen LogP contribution in [0.15, 0.2) is 48.5 Å². The van der Waals surface area contributed by atoms with Gasteiger partial charge in [0.15, 0.2) is 11.5 Å². The second-order valence-electron chi connectivity index (χ2n) is 6.16. The van der Waals surface area contributed by atoms with Gasteiger partial charge in [0.2, 0.25) is 0 Å². The molecule has 146 valence electrons. The molecule has 5 heteroatoms. The summed E-state index contributed by atoms with van der Waals surface area (Å²) in [5.74, 6) is 1.08. The summed E-state index contributed by atoms with van der Waals surface area (Å²) in [5, 5.41) is 3.08. The number of hydrogen-bond donors (Lipinski definition) is 1. The number of amides is 1. The molecular weight excluding hydrogens is 340 g/mol. The van der Waals surface area contributed by atoms with E-state index in [0.717, 1.165) is 13.1 Å². The molecule has 2 rings (SSSR count). The van der Waals surface area contributed by atoms with Gasteiger partial charge in [-0.25, -0.2) is 0 Å². The van der Waals surface area contributed by atoms with Gasteiger partial charge in [0.1, 0.15) is 0 Å². The van der Waals surface area contributed by atoms with E-state index in [4.69, 9.17) is 9.47 Å². The number of nitrogens with zero attached hydrogens (tertiary/aromatic N) is 1. The number of nitrogens with one attached hydrogen (secondary N) is 1. The molecular formula is C22H30N2O3. The van der Waals surface area contributed by atoms with Crippen LogP contribution in [0.4, 0.5) is 0 Å². The van der Waals surface area contributed by atoms with Crippen LogP contribution in [0, 0.1) is 0 Å². The third-order valence-electron chi connectivity index (χ3n) is 4.62. The first-order valence-corrected chi connectivity index (χ1v) is 9.52. The minimum absolute atomic E-state index is 0.119. The average molecular weight is 370 g/mol. The molecule has 1 N–H and O–H groups in total. The fourth-order valence-corrected chi connectivity index (χ4v) is 3.18. The molecule has 27 heavy (non-hydrogen) atoms. The van der Waals surface area contributed by atoms with Crippen LogP contribution < -0.4 is 14.8 Å². The number of hydrogen-bond acceptors (Lipinski definition) is 4. The molecule has 0 fully saturated rings. The van der Waals surface area contributed by atoms with E-state index in [1.165, 1.54) is 5.56 Å². The van der Waals surface area contributed by atoms with Crippen molar-refractivity contribution in [1.82, 2.24) is 10.2 Å². The van der Waals surface area contributed by atoms with E-state index < -0.39 is 0 Å². The highest BCUT2D eigenvalue weighted by Gasteiger charge is 2.19. The van der Waals surface area contributed by atoms with Crippen molar-refractivity contribution in [2.45, 2.75) is 26.8 Å². The molecule has 0 spiro atoms. The maximum atomic E-state index is 12.7.